The second-order valence-corrected chi connectivity index (χ2v) is 9.00. The molecule has 0 bridgehead atoms. The highest BCUT2D eigenvalue weighted by molar-refractivity contribution is 7.97. The molecule has 2 heterocycles. The van der Waals surface area contributed by atoms with Crippen molar-refractivity contribution in [3.05, 3.63) is 64.6 Å². The second kappa shape index (κ2) is 8.38. The number of carboxylic acid groups (broad SMARTS) is 1. The number of carbonyl (C=O) groups is 1. The van der Waals surface area contributed by atoms with Crippen molar-refractivity contribution in [3.8, 4) is 0 Å². The summed E-state index contributed by atoms with van der Waals surface area (Å²) in [6.07, 6.45) is 1.90. The van der Waals surface area contributed by atoms with Crippen LogP contribution in [-0.4, -0.2) is 33.0 Å². The van der Waals surface area contributed by atoms with E-state index in [0.717, 1.165) is 58.0 Å². The van der Waals surface area contributed by atoms with Crippen LogP contribution in [0, 0.1) is 12.7 Å². The van der Waals surface area contributed by atoms with Gasteiger partial charge in [-0.15, -0.1) is 0 Å². The van der Waals surface area contributed by atoms with Crippen molar-refractivity contribution >= 4 is 40.4 Å². The van der Waals surface area contributed by atoms with Crippen LogP contribution in [0.4, 0.5) is 4.39 Å². The number of aliphatic carboxylic acids is 1. The molecule has 1 aromatic heterocycles. The minimum absolute atomic E-state index is 0.112. The molecule has 1 saturated heterocycles. The predicted molar refractivity (Wildman–Crippen MR) is 115 cm³/mol. The number of hydrogen-bond acceptors (Lipinski definition) is 3. The third-order valence-electron chi connectivity index (χ3n) is 5.54. The summed E-state index contributed by atoms with van der Waals surface area (Å²) in [6, 6.07) is 12.5. The molecule has 7 heteroatoms. The van der Waals surface area contributed by atoms with Gasteiger partial charge in [0.2, 0.25) is 0 Å². The van der Waals surface area contributed by atoms with Gasteiger partial charge in [-0.05, 0) is 85.7 Å². The molecule has 0 aliphatic carbocycles. The molecule has 1 N–H and O–H groups in total. The number of fused-ring (bicyclic) bond motifs is 1. The first-order valence-corrected chi connectivity index (χ1v) is 10.8. The van der Waals surface area contributed by atoms with Crippen LogP contribution in [0.5, 0.6) is 0 Å². The highest BCUT2D eigenvalue weighted by Crippen LogP contribution is 2.39. The van der Waals surface area contributed by atoms with Crippen molar-refractivity contribution in [2.45, 2.75) is 37.1 Å². The lowest BCUT2D eigenvalue weighted by Crippen LogP contribution is -2.27. The van der Waals surface area contributed by atoms with Crippen LogP contribution in [0.3, 0.4) is 0 Å². The summed E-state index contributed by atoms with van der Waals surface area (Å²) in [5, 5.41) is 10.9. The van der Waals surface area contributed by atoms with E-state index in [9.17, 15) is 14.3 Å². The summed E-state index contributed by atoms with van der Waals surface area (Å²) in [5.41, 5.74) is 2.81. The number of nitrogens with zero attached hydrogens (tertiary/aromatic N) is 2. The molecular weight excluding hydrogens is 411 g/mol. The molecule has 4 nitrogen and oxygen atoms in total. The van der Waals surface area contributed by atoms with Crippen LogP contribution in [0.2, 0.25) is 5.02 Å². The zero-order chi connectivity index (χ0) is 20.5. The maximum Gasteiger partial charge on any atom is 0.323 e. The Morgan fingerprint density at radius 3 is 2.55 bits per heavy atom. The van der Waals surface area contributed by atoms with Gasteiger partial charge in [0.25, 0.3) is 0 Å². The lowest BCUT2D eigenvalue weighted by molar-refractivity contribution is -0.137. The number of halogens is 2. The molecule has 0 atom stereocenters. The molecule has 0 radical (unpaired) electrons. The summed E-state index contributed by atoms with van der Waals surface area (Å²) < 4.78 is 18.1. The Labute approximate surface area is 178 Å². The van der Waals surface area contributed by atoms with E-state index in [1.807, 2.05) is 31.2 Å². The van der Waals surface area contributed by atoms with Gasteiger partial charge in [0.1, 0.15) is 12.4 Å². The highest BCUT2D eigenvalue weighted by Gasteiger charge is 2.27. The van der Waals surface area contributed by atoms with E-state index in [1.54, 1.807) is 28.6 Å². The Balaban J connectivity index is 1.56. The molecule has 1 fully saturated rings. The van der Waals surface area contributed by atoms with Gasteiger partial charge in [0, 0.05) is 39.6 Å². The topological polar surface area (TPSA) is 45.5 Å². The van der Waals surface area contributed by atoms with E-state index in [4.69, 9.17) is 11.6 Å². The van der Waals surface area contributed by atoms with Crippen LogP contribution in [0.1, 0.15) is 30.0 Å². The van der Waals surface area contributed by atoms with E-state index >= 15 is 0 Å². The van der Waals surface area contributed by atoms with Crippen molar-refractivity contribution in [1.82, 2.24) is 8.87 Å². The molecule has 4 rings (SSSR count). The van der Waals surface area contributed by atoms with Crippen LogP contribution < -0.4 is 0 Å². The minimum atomic E-state index is -0.893. The van der Waals surface area contributed by atoms with Crippen molar-refractivity contribution in [1.29, 1.82) is 0 Å². The Hall–Kier alpha value is -2.02. The Bertz CT molecular complexity index is 1040. The van der Waals surface area contributed by atoms with Crippen LogP contribution >= 0.6 is 23.5 Å². The number of benzene rings is 2. The summed E-state index contributed by atoms with van der Waals surface area (Å²) in [7, 11) is 0. The van der Waals surface area contributed by atoms with Gasteiger partial charge in [-0.2, -0.15) is 0 Å². The zero-order valence-corrected chi connectivity index (χ0v) is 17.6. The number of rotatable bonds is 5. The molecule has 29 heavy (non-hydrogen) atoms. The Morgan fingerprint density at radius 1 is 1.21 bits per heavy atom. The molecule has 3 aromatic rings. The lowest BCUT2D eigenvalue weighted by atomic mass is 9.88. The maximum absolute atomic E-state index is 14.0. The predicted octanol–water partition coefficient (Wildman–Crippen LogP) is 5.71. The molecule has 0 spiro atoms. The van der Waals surface area contributed by atoms with Crippen LogP contribution in [0.25, 0.3) is 10.9 Å². The third kappa shape index (κ3) is 4.29. The fourth-order valence-electron chi connectivity index (χ4n) is 4.21. The van der Waals surface area contributed by atoms with Crippen molar-refractivity contribution in [2.75, 3.05) is 13.1 Å². The third-order valence-corrected chi connectivity index (χ3v) is 6.90. The van der Waals surface area contributed by atoms with Gasteiger partial charge in [-0.25, -0.2) is 8.70 Å². The minimum Gasteiger partial charge on any atom is -0.480 e. The molecule has 2 aromatic carbocycles. The van der Waals surface area contributed by atoms with Gasteiger partial charge < -0.3 is 9.67 Å². The lowest BCUT2D eigenvalue weighted by Gasteiger charge is -2.31. The normalized spacial score (nSPS) is 15.8. The first kappa shape index (κ1) is 20.3. The largest absolute Gasteiger partial charge is 0.480 e. The molecule has 0 amide bonds. The second-order valence-electron chi connectivity index (χ2n) is 7.39. The standard InChI is InChI=1S/C22H22ClFN2O2S/c1-14-22(19-12-17(24)4-7-20(19)26(14)13-21(27)28)15-8-10-25(11-9-15)29-18-5-2-16(23)3-6-18/h2-7,12,15H,8-11,13H2,1H3,(H,27,28). The van der Waals surface area contributed by atoms with Gasteiger partial charge in [-0.1, -0.05) is 11.6 Å². The molecular formula is C22H22ClFN2O2S. The number of carboxylic acids is 1. The first-order valence-electron chi connectivity index (χ1n) is 9.61. The van der Waals surface area contributed by atoms with Crippen LogP contribution in [0.15, 0.2) is 47.4 Å². The Kier molecular flexibility index (Phi) is 5.86. The summed E-state index contributed by atoms with van der Waals surface area (Å²) in [6.45, 7) is 3.67. The van der Waals surface area contributed by atoms with E-state index in [1.165, 1.54) is 6.07 Å². The summed E-state index contributed by atoms with van der Waals surface area (Å²) in [4.78, 5) is 12.5. The fourth-order valence-corrected chi connectivity index (χ4v) is 5.29. The fraction of sp³-hybridized carbons (Fsp3) is 0.318. The monoisotopic (exact) mass is 432 g/mol. The highest BCUT2D eigenvalue weighted by atomic mass is 35.5. The van der Waals surface area contributed by atoms with E-state index in [0.29, 0.717) is 0 Å². The molecule has 1 aliphatic rings. The average Bonchev–Trinajstić information content (AvgIpc) is 2.95. The molecule has 0 saturated carbocycles. The van der Waals surface area contributed by atoms with Gasteiger partial charge in [0.15, 0.2) is 0 Å². The van der Waals surface area contributed by atoms with E-state index < -0.39 is 5.97 Å². The van der Waals surface area contributed by atoms with Crippen LogP contribution in [-0.2, 0) is 11.3 Å². The summed E-state index contributed by atoms with van der Waals surface area (Å²) in [5.74, 6) is -0.895. The number of aromatic nitrogens is 1. The average molecular weight is 433 g/mol. The van der Waals surface area contributed by atoms with Gasteiger partial charge in [0.05, 0.1) is 0 Å². The van der Waals surface area contributed by atoms with Crippen molar-refractivity contribution in [3.63, 3.8) is 0 Å². The summed E-state index contributed by atoms with van der Waals surface area (Å²) >= 11 is 7.69. The molecule has 152 valence electrons. The Morgan fingerprint density at radius 2 is 1.90 bits per heavy atom. The molecule has 1 aliphatic heterocycles. The molecule has 0 unspecified atom stereocenters. The first-order chi connectivity index (χ1) is 13.9. The van der Waals surface area contributed by atoms with Gasteiger partial charge >= 0.3 is 5.97 Å². The van der Waals surface area contributed by atoms with E-state index in [-0.39, 0.29) is 18.3 Å². The van der Waals surface area contributed by atoms with Crippen molar-refractivity contribution in [2.24, 2.45) is 0 Å². The van der Waals surface area contributed by atoms with Gasteiger partial charge in [-0.3, -0.25) is 4.79 Å². The number of piperidine rings is 1. The maximum atomic E-state index is 14.0. The zero-order valence-electron chi connectivity index (χ0n) is 16.1. The SMILES string of the molecule is Cc1c(C2CCN(Sc3ccc(Cl)cc3)CC2)c2cc(F)ccc2n1CC(=O)O. The van der Waals surface area contributed by atoms with E-state index in [2.05, 4.69) is 4.31 Å². The smallest absolute Gasteiger partial charge is 0.323 e. The quantitative estimate of drug-likeness (QED) is 0.524. The van der Waals surface area contributed by atoms with Crippen molar-refractivity contribution < 1.29 is 14.3 Å². The number of hydrogen-bond donors (Lipinski definition) is 1.